The molecule has 0 saturated carbocycles. The lowest BCUT2D eigenvalue weighted by Crippen LogP contribution is -2.75. The van der Waals surface area contributed by atoms with Crippen LogP contribution in [-0.2, 0) is 9.59 Å². The van der Waals surface area contributed by atoms with E-state index in [0.29, 0.717) is 0 Å². The van der Waals surface area contributed by atoms with Gasteiger partial charge in [0.1, 0.15) is 0 Å². The van der Waals surface area contributed by atoms with Gasteiger partial charge in [-0.1, -0.05) is 60.7 Å². The molecule has 2 aromatic rings. The lowest BCUT2D eigenvalue weighted by atomic mass is 10.4. The van der Waals surface area contributed by atoms with Crippen molar-refractivity contribution in [3.63, 3.8) is 0 Å². The van der Waals surface area contributed by atoms with Gasteiger partial charge in [0.05, 0.1) is 0 Å². The third kappa shape index (κ3) is 3.36. The number of benzene rings is 2. The summed E-state index contributed by atoms with van der Waals surface area (Å²) in [7, 11) is -5.55. The minimum atomic E-state index is -5.60. The topological polar surface area (TPSA) is 34.1 Å². The van der Waals surface area contributed by atoms with Gasteiger partial charge >= 0.3 is 12.4 Å². The Hall–Kier alpha value is -2.42. The molecule has 0 heterocycles. The highest BCUT2D eigenvalue weighted by atomic mass is 28.3. The van der Waals surface area contributed by atoms with Gasteiger partial charge in [-0.2, -0.15) is 26.3 Å². The number of alkyl halides is 6. The van der Waals surface area contributed by atoms with Crippen molar-refractivity contribution in [1.82, 2.24) is 0 Å². The molecule has 0 aliphatic carbocycles. The molecule has 2 nitrogen and oxygen atoms in total. The van der Waals surface area contributed by atoms with E-state index in [4.69, 9.17) is 0 Å². The van der Waals surface area contributed by atoms with E-state index in [1.165, 1.54) is 36.4 Å². The number of hydrogen-bond acceptors (Lipinski definition) is 2. The summed E-state index contributed by atoms with van der Waals surface area (Å²) in [5.74, 6) is 0. The maximum absolute atomic E-state index is 13.2. The highest BCUT2D eigenvalue weighted by molar-refractivity contribution is 7.39. The lowest BCUT2D eigenvalue weighted by Gasteiger charge is -2.30. The molecule has 0 fully saturated rings. The van der Waals surface area contributed by atoms with E-state index in [9.17, 15) is 35.9 Å². The monoisotopic (exact) mass is 376 g/mol. The molecule has 0 aliphatic rings. The van der Waals surface area contributed by atoms with Crippen molar-refractivity contribution >= 4 is 29.3 Å². The van der Waals surface area contributed by atoms with Crippen LogP contribution in [0.15, 0.2) is 60.7 Å². The summed E-state index contributed by atoms with van der Waals surface area (Å²) in [5.41, 5.74) is 0. The minimum Gasteiger partial charge on any atom is -0.294 e. The quantitative estimate of drug-likeness (QED) is 0.607. The first-order valence-corrected chi connectivity index (χ1v) is 8.86. The Morgan fingerprint density at radius 3 is 1.12 bits per heavy atom. The Kier molecular flexibility index (Phi) is 4.89. The van der Waals surface area contributed by atoms with E-state index in [2.05, 4.69) is 0 Å². The summed E-state index contributed by atoms with van der Waals surface area (Å²) in [4.78, 5) is 24.4. The predicted molar refractivity (Wildman–Crippen MR) is 80.0 cm³/mol. The van der Waals surface area contributed by atoms with E-state index in [1.54, 1.807) is 0 Å². The van der Waals surface area contributed by atoms with Crippen LogP contribution < -0.4 is 10.4 Å². The highest BCUT2D eigenvalue weighted by Gasteiger charge is 2.67. The van der Waals surface area contributed by atoms with Crippen molar-refractivity contribution in [1.29, 1.82) is 0 Å². The van der Waals surface area contributed by atoms with E-state index in [1.807, 2.05) is 0 Å². The number of halogens is 6. The first-order chi connectivity index (χ1) is 11.5. The summed E-state index contributed by atoms with van der Waals surface area (Å²) in [6, 6.07) is 11.3. The molecule has 132 valence electrons. The Labute approximate surface area is 139 Å². The zero-order valence-corrected chi connectivity index (χ0v) is 13.4. The molecular formula is C16H10F6O2Si. The molecule has 0 spiro atoms. The van der Waals surface area contributed by atoms with Gasteiger partial charge in [0.25, 0.3) is 8.07 Å². The van der Waals surface area contributed by atoms with E-state index in [-0.39, 0.29) is 0 Å². The smallest absolute Gasteiger partial charge is 0.294 e. The number of carbonyl (C=O) groups is 2. The average molecular weight is 376 g/mol. The fourth-order valence-electron chi connectivity index (χ4n) is 2.60. The second kappa shape index (κ2) is 6.47. The molecule has 0 aromatic heterocycles. The maximum Gasteiger partial charge on any atom is 0.446 e. The van der Waals surface area contributed by atoms with Crippen molar-refractivity contribution in [2.45, 2.75) is 12.4 Å². The average Bonchev–Trinajstić information content (AvgIpc) is 2.55. The van der Waals surface area contributed by atoms with Gasteiger partial charge in [-0.3, -0.25) is 9.59 Å². The molecule has 2 aromatic carbocycles. The van der Waals surface area contributed by atoms with Crippen LogP contribution in [0.2, 0.25) is 0 Å². The fraction of sp³-hybridized carbons (Fsp3) is 0.125. The van der Waals surface area contributed by atoms with Gasteiger partial charge in [-0.15, -0.1) is 0 Å². The zero-order chi connectivity index (χ0) is 18.9. The van der Waals surface area contributed by atoms with E-state index < -0.39 is 41.6 Å². The Balaban J connectivity index is 2.94. The molecule has 0 amide bonds. The zero-order valence-electron chi connectivity index (χ0n) is 12.4. The van der Waals surface area contributed by atoms with Crippen molar-refractivity contribution in [2.75, 3.05) is 0 Å². The van der Waals surface area contributed by atoms with Gasteiger partial charge in [-0.05, 0) is 10.4 Å². The third-order valence-corrected chi connectivity index (χ3v) is 7.94. The summed E-state index contributed by atoms with van der Waals surface area (Å²) < 4.78 is 79.4. The van der Waals surface area contributed by atoms with Crippen LogP contribution in [-0.4, -0.2) is 31.2 Å². The number of rotatable bonds is 4. The van der Waals surface area contributed by atoms with E-state index >= 15 is 0 Å². The molecule has 9 heteroatoms. The number of carbonyl (C=O) groups excluding carboxylic acids is 2. The largest absolute Gasteiger partial charge is 0.446 e. The van der Waals surface area contributed by atoms with E-state index in [0.717, 1.165) is 24.3 Å². The van der Waals surface area contributed by atoms with Crippen LogP contribution in [0.3, 0.4) is 0 Å². The maximum atomic E-state index is 13.2. The summed E-state index contributed by atoms with van der Waals surface area (Å²) in [5, 5.41) is -6.43. The summed E-state index contributed by atoms with van der Waals surface area (Å²) >= 11 is 0. The molecule has 0 aliphatic heterocycles. The molecule has 0 unspecified atom stereocenters. The van der Waals surface area contributed by atoms with Crippen LogP contribution in [0, 0.1) is 0 Å². The molecule has 2 rings (SSSR count). The van der Waals surface area contributed by atoms with Gasteiger partial charge in [0.2, 0.25) is 10.8 Å². The molecule has 0 radical (unpaired) electrons. The van der Waals surface area contributed by atoms with Crippen molar-refractivity contribution in [2.24, 2.45) is 0 Å². The molecule has 25 heavy (non-hydrogen) atoms. The minimum absolute atomic E-state index is 0.564. The first-order valence-electron chi connectivity index (χ1n) is 6.86. The van der Waals surface area contributed by atoms with Crippen molar-refractivity contribution in [3.8, 4) is 0 Å². The summed E-state index contributed by atoms with van der Waals surface area (Å²) in [6.45, 7) is 0. The Bertz CT molecular complexity index is 701. The Morgan fingerprint density at radius 2 is 0.880 bits per heavy atom. The molecule has 0 atom stereocenters. The highest BCUT2D eigenvalue weighted by Crippen LogP contribution is 2.29. The van der Waals surface area contributed by atoms with Crippen LogP contribution >= 0.6 is 0 Å². The van der Waals surface area contributed by atoms with Crippen LogP contribution in [0.5, 0.6) is 0 Å². The lowest BCUT2D eigenvalue weighted by molar-refractivity contribution is -0.168. The molecular weight excluding hydrogens is 366 g/mol. The molecule has 0 N–H and O–H groups in total. The summed E-state index contributed by atoms with van der Waals surface area (Å²) in [6.07, 6.45) is -11.2. The first kappa shape index (κ1) is 18.9. The van der Waals surface area contributed by atoms with Crippen LogP contribution in [0.4, 0.5) is 26.3 Å². The third-order valence-electron chi connectivity index (χ3n) is 3.61. The SMILES string of the molecule is O=C(C(F)(F)F)[Si](C(=O)C(F)(F)F)(c1ccccc1)c1ccccc1. The normalized spacial score (nSPS) is 12.7. The fourth-order valence-corrected chi connectivity index (χ4v) is 6.42. The van der Waals surface area contributed by atoms with Crippen molar-refractivity contribution < 1.29 is 35.9 Å². The van der Waals surface area contributed by atoms with Crippen LogP contribution in [0.1, 0.15) is 0 Å². The molecule has 0 saturated heterocycles. The standard InChI is InChI=1S/C16H10F6O2Si/c17-15(18,19)13(23)25(14(24)16(20,21)22,11-7-3-1-4-8-11)12-9-5-2-6-10-12/h1-10H. The Morgan fingerprint density at radius 1 is 0.600 bits per heavy atom. The predicted octanol–water partition coefficient (Wildman–Crippen LogP) is 2.59. The van der Waals surface area contributed by atoms with Gasteiger partial charge in [0, 0.05) is 0 Å². The van der Waals surface area contributed by atoms with Crippen LogP contribution in [0.25, 0.3) is 0 Å². The number of hydrogen-bond donors (Lipinski definition) is 0. The van der Waals surface area contributed by atoms with Gasteiger partial charge < -0.3 is 0 Å². The molecule has 0 bridgehead atoms. The second-order valence-corrected chi connectivity index (χ2v) is 8.70. The van der Waals surface area contributed by atoms with Crippen molar-refractivity contribution in [3.05, 3.63) is 60.7 Å². The second-order valence-electron chi connectivity index (χ2n) is 5.14. The van der Waals surface area contributed by atoms with Gasteiger partial charge in [-0.25, -0.2) is 0 Å². The van der Waals surface area contributed by atoms with Gasteiger partial charge in [0.15, 0.2) is 0 Å².